The summed E-state index contributed by atoms with van der Waals surface area (Å²) in [7, 11) is 0. The number of carbonyl (C=O) groups is 2. The van der Waals surface area contributed by atoms with Gasteiger partial charge in [-0.2, -0.15) is 0 Å². The fourth-order valence-corrected chi connectivity index (χ4v) is 3.11. The maximum absolute atomic E-state index is 13.0. The summed E-state index contributed by atoms with van der Waals surface area (Å²) in [5, 5.41) is 26.9. The molecule has 0 aromatic heterocycles. The molecule has 0 fully saturated rings. The number of halogens is 1. The van der Waals surface area contributed by atoms with Gasteiger partial charge in [0.2, 0.25) is 0 Å². The van der Waals surface area contributed by atoms with Crippen molar-refractivity contribution in [2.24, 2.45) is 0 Å². The Bertz CT molecular complexity index is 1320. The standard InChI is InChI=1S/C23H17ClN4O6/c1-14-3-2-4-16(11-14)22(29)26-20(12-15-5-8-18(9-6-15)27(31)32)23(30)25-17-7-10-19(24)21(13-17)28(33)34/h2-13H,1H3,(H,25,30)(H,26,29)/b20-12-. The zero-order chi connectivity index (χ0) is 24.8. The highest BCUT2D eigenvalue weighted by Gasteiger charge is 2.18. The van der Waals surface area contributed by atoms with Gasteiger partial charge in [0.1, 0.15) is 10.7 Å². The van der Waals surface area contributed by atoms with Crippen molar-refractivity contribution in [2.45, 2.75) is 6.92 Å². The van der Waals surface area contributed by atoms with Gasteiger partial charge in [0.25, 0.3) is 23.2 Å². The Morgan fingerprint density at radius 3 is 2.26 bits per heavy atom. The molecule has 3 rings (SSSR count). The molecule has 0 aliphatic carbocycles. The van der Waals surface area contributed by atoms with Crippen LogP contribution in [-0.4, -0.2) is 21.7 Å². The number of non-ortho nitro benzene ring substituents is 1. The Kier molecular flexibility index (Phi) is 7.34. The predicted octanol–water partition coefficient (Wildman–Crippen LogP) is 4.87. The van der Waals surface area contributed by atoms with Gasteiger partial charge in [-0.3, -0.25) is 29.8 Å². The van der Waals surface area contributed by atoms with Crippen LogP contribution in [0.15, 0.2) is 72.4 Å². The van der Waals surface area contributed by atoms with Gasteiger partial charge in [-0.05, 0) is 55.0 Å². The number of nitrogens with zero attached hydrogens (tertiary/aromatic N) is 2. The molecule has 11 heteroatoms. The van der Waals surface area contributed by atoms with E-state index in [9.17, 15) is 29.8 Å². The molecule has 3 aromatic rings. The molecule has 2 N–H and O–H groups in total. The fourth-order valence-electron chi connectivity index (χ4n) is 2.93. The zero-order valence-electron chi connectivity index (χ0n) is 17.7. The summed E-state index contributed by atoms with van der Waals surface area (Å²) < 4.78 is 0. The molecule has 0 heterocycles. The first-order valence-electron chi connectivity index (χ1n) is 9.73. The van der Waals surface area contributed by atoms with Gasteiger partial charge in [-0.1, -0.05) is 29.3 Å². The van der Waals surface area contributed by atoms with Crippen molar-refractivity contribution >= 4 is 46.6 Å². The Hall–Kier alpha value is -4.57. The lowest BCUT2D eigenvalue weighted by Gasteiger charge is -2.12. The summed E-state index contributed by atoms with van der Waals surface area (Å²) >= 11 is 5.81. The molecule has 0 spiro atoms. The molecule has 10 nitrogen and oxygen atoms in total. The van der Waals surface area contributed by atoms with Crippen molar-refractivity contribution in [1.82, 2.24) is 5.32 Å². The number of aryl methyl sites for hydroxylation is 1. The van der Waals surface area contributed by atoms with Crippen LogP contribution in [0, 0.1) is 27.2 Å². The van der Waals surface area contributed by atoms with E-state index in [2.05, 4.69) is 10.6 Å². The van der Waals surface area contributed by atoms with Crippen LogP contribution in [0.2, 0.25) is 5.02 Å². The number of nitro benzene ring substituents is 2. The highest BCUT2D eigenvalue weighted by Crippen LogP contribution is 2.27. The number of hydrogen-bond donors (Lipinski definition) is 2. The number of amides is 2. The Morgan fingerprint density at radius 1 is 0.941 bits per heavy atom. The monoisotopic (exact) mass is 480 g/mol. The number of hydrogen-bond acceptors (Lipinski definition) is 6. The van der Waals surface area contributed by atoms with Gasteiger partial charge in [0, 0.05) is 29.4 Å². The van der Waals surface area contributed by atoms with Crippen LogP contribution in [0.5, 0.6) is 0 Å². The first kappa shape index (κ1) is 24.1. The number of nitrogens with one attached hydrogen (secondary N) is 2. The Labute approximate surface area is 198 Å². The highest BCUT2D eigenvalue weighted by atomic mass is 35.5. The fraction of sp³-hybridized carbons (Fsp3) is 0.0435. The summed E-state index contributed by atoms with van der Waals surface area (Å²) in [6, 6.07) is 15.8. The summed E-state index contributed by atoms with van der Waals surface area (Å²) in [6.07, 6.45) is 1.33. The number of nitro groups is 2. The maximum atomic E-state index is 13.0. The first-order chi connectivity index (χ1) is 16.1. The normalized spacial score (nSPS) is 10.9. The van der Waals surface area contributed by atoms with E-state index in [0.717, 1.165) is 11.6 Å². The summed E-state index contributed by atoms with van der Waals surface area (Å²) in [6.45, 7) is 1.81. The molecule has 172 valence electrons. The number of benzene rings is 3. The third-order valence-corrected chi connectivity index (χ3v) is 4.91. The lowest BCUT2D eigenvalue weighted by Crippen LogP contribution is -2.30. The van der Waals surface area contributed by atoms with Crippen molar-refractivity contribution in [2.75, 3.05) is 5.32 Å². The van der Waals surface area contributed by atoms with Crippen LogP contribution in [0.1, 0.15) is 21.5 Å². The molecule has 0 saturated heterocycles. The molecule has 34 heavy (non-hydrogen) atoms. The summed E-state index contributed by atoms with van der Waals surface area (Å²) in [5.41, 5.74) is 0.918. The number of anilines is 1. The minimum Gasteiger partial charge on any atom is -0.320 e. The molecule has 3 aromatic carbocycles. The van der Waals surface area contributed by atoms with Crippen LogP contribution < -0.4 is 10.6 Å². The topological polar surface area (TPSA) is 144 Å². The van der Waals surface area contributed by atoms with E-state index in [0.29, 0.717) is 11.1 Å². The maximum Gasteiger partial charge on any atom is 0.289 e. The predicted molar refractivity (Wildman–Crippen MR) is 126 cm³/mol. The van der Waals surface area contributed by atoms with Crippen molar-refractivity contribution < 1.29 is 19.4 Å². The smallest absolute Gasteiger partial charge is 0.289 e. The molecule has 0 aliphatic rings. The number of rotatable bonds is 7. The van der Waals surface area contributed by atoms with Crippen LogP contribution in [0.25, 0.3) is 6.08 Å². The van der Waals surface area contributed by atoms with Crippen LogP contribution in [0.3, 0.4) is 0 Å². The largest absolute Gasteiger partial charge is 0.320 e. The van der Waals surface area contributed by atoms with Crippen LogP contribution >= 0.6 is 11.6 Å². The average molecular weight is 481 g/mol. The minimum atomic E-state index is -0.768. The second-order valence-corrected chi connectivity index (χ2v) is 7.51. The Balaban J connectivity index is 1.94. The molecule has 0 atom stereocenters. The SMILES string of the molecule is Cc1cccc(C(=O)N/C(=C\c2ccc([N+](=O)[O-])cc2)C(=O)Nc2ccc(Cl)c([N+](=O)[O-])c2)c1. The van der Waals surface area contributed by atoms with Crippen LogP contribution in [-0.2, 0) is 4.79 Å². The van der Waals surface area contributed by atoms with Gasteiger partial charge >= 0.3 is 0 Å². The van der Waals surface area contributed by atoms with Gasteiger partial charge < -0.3 is 10.6 Å². The lowest BCUT2D eigenvalue weighted by molar-refractivity contribution is -0.385. The molecule has 2 amide bonds. The third-order valence-electron chi connectivity index (χ3n) is 4.59. The van der Waals surface area contributed by atoms with Gasteiger partial charge in [0.05, 0.1) is 9.85 Å². The molecule has 0 bridgehead atoms. The minimum absolute atomic E-state index is 0.0838. The molecular formula is C23H17ClN4O6. The van der Waals surface area contributed by atoms with E-state index in [4.69, 9.17) is 11.6 Å². The van der Waals surface area contributed by atoms with Crippen molar-refractivity contribution in [3.05, 3.63) is 114 Å². The zero-order valence-corrected chi connectivity index (χ0v) is 18.4. The van der Waals surface area contributed by atoms with E-state index in [-0.39, 0.29) is 22.1 Å². The molecule has 0 saturated carbocycles. The van der Waals surface area contributed by atoms with E-state index < -0.39 is 27.3 Å². The van der Waals surface area contributed by atoms with Crippen molar-refractivity contribution in [3.63, 3.8) is 0 Å². The lowest BCUT2D eigenvalue weighted by atomic mass is 10.1. The second kappa shape index (κ2) is 10.4. The average Bonchev–Trinajstić information content (AvgIpc) is 2.80. The molecule has 0 radical (unpaired) electrons. The van der Waals surface area contributed by atoms with E-state index in [1.54, 1.807) is 18.2 Å². The summed E-state index contributed by atoms with van der Waals surface area (Å²) in [4.78, 5) is 46.5. The molecular weight excluding hydrogens is 464 g/mol. The van der Waals surface area contributed by atoms with Gasteiger partial charge in [0.15, 0.2) is 0 Å². The van der Waals surface area contributed by atoms with Crippen molar-refractivity contribution in [1.29, 1.82) is 0 Å². The highest BCUT2D eigenvalue weighted by molar-refractivity contribution is 6.32. The van der Waals surface area contributed by atoms with E-state index in [1.165, 1.54) is 42.5 Å². The first-order valence-corrected chi connectivity index (χ1v) is 10.1. The van der Waals surface area contributed by atoms with Gasteiger partial charge in [-0.15, -0.1) is 0 Å². The van der Waals surface area contributed by atoms with Gasteiger partial charge in [-0.25, -0.2) is 0 Å². The quantitative estimate of drug-likeness (QED) is 0.280. The second-order valence-electron chi connectivity index (χ2n) is 7.11. The Morgan fingerprint density at radius 2 is 1.65 bits per heavy atom. The van der Waals surface area contributed by atoms with Crippen molar-refractivity contribution in [3.8, 4) is 0 Å². The molecule has 0 aliphatic heterocycles. The third kappa shape index (κ3) is 6.02. The van der Waals surface area contributed by atoms with E-state index in [1.807, 2.05) is 13.0 Å². The van der Waals surface area contributed by atoms with E-state index >= 15 is 0 Å². The summed E-state index contributed by atoms with van der Waals surface area (Å²) in [5.74, 6) is -1.33. The molecule has 0 unspecified atom stereocenters. The van der Waals surface area contributed by atoms with Crippen LogP contribution in [0.4, 0.5) is 17.1 Å². The number of carbonyl (C=O) groups excluding carboxylic acids is 2.